The van der Waals surface area contributed by atoms with E-state index in [0.717, 1.165) is 61.2 Å². The van der Waals surface area contributed by atoms with Crippen molar-refractivity contribution in [1.29, 1.82) is 0 Å². The number of unbranched alkanes of at least 4 members (excludes halogenated alkanes) is 5. The highest BCUT2D eigenvalue weighted by atomic mass is 16.2. The maximum absolute atomic E-state index is 12.4. The Morgan fingerprint density at radius 2 is 1.89 bits per heavy atom. The summed E-state index contributed by atoms with van der Waals surface area (Å²) in [6.07, 6.45) is 19.9. The number of hydrogen-bond donors (Lipinski definition) is 2. The minimum atomic E-state index is -0.144. The molecule has 2 heterocycles. The molecule has 188 valence electrons. The van der Waals surface area contributed by atoms with Crippen LogP contribution in [0.2, 0.25) is 0 Å². The van der Waals surface area contributed by atoms with Crippen LogP contribution in [0.15, 0.2) is 73.2 Å². The molecule has 0 fully saturated rings. The molecule has 2 N–H and O–H groups in total. The summed E-state index contributed by atoms with van der Waals surface area (Å²) < 4.78 is 1.91. The highest BCUT2D eigenvalue weighted by Crippen LogP contribution is 2.29. The first kappa shape index (κ1) is 25.4. The maximum atomic E-state index is 12.4. The predicted molar refractivity (Wildman–Crippen MR) is 145 cm³/mol. The van der Waals surface area contributed by atoms with Gasteiger partial charge in [-0.25, -0.2) is 4.79 Å². The lowest BCUT2D eigenvalue weighted by Crippen LogP contribution is -2.29. The number of benzene rings is 1. The minimum absolute atomic E-state index is 0.144. The third-order valence-electron chi connectivity index (χ3n) is 6.40. The highest BCUT2D eigenvalue weighted by molar-refractivity contribution is 5.94. The number of aryl methyl sites for hydroxylation is 1. The zero-order valence-electron chi connectivity index (χ0n) is 21.1. The Hall–Kier alpha value is -3.74. The van der Waals surface area contributed by atoms with Crippen LogP contribution in [0, 0.1) is 5.92 Å². The first-order chi connectivity index (χ1) is 17.7. The Kier molecular flexibility index (Phi) is 9.42. The fourth-order valence-electron chi connectivity index (χ4n) is 4.30. The van der Waals surface area contributed by atoms with E-state index in [1.807, 2.05) is 41.2 Å². The molecule has 2 aromatic heterocycles. The van der Waals surface area contributed by atoms with E-state index in [4.69, 9.17) is 0 Å². The van der Waals surface area contributed by atoms with E-state index in [1.165, 1.54) is 18.4 Å². The van der Waals surface area contributed by atoms with Crippen LogP contribution in [-0.2, 0) is 6.54 Å². The van der Waals surface area contributed by atoms with Gasteiger partial charge in [0.05, 0.1) is 11.9 Å². The molecule has 0 radical (unpaired) electrons. The van der Waals surface area contributed by atoms with Crippen LogP contribution in [0.25, 0.3) is 16.8 Å². The van der Waals surface area contributed by atoms with E-state index in [1.54, 1.807) is 12.4 Å². The SMILES string of the molecule is CC1C=CC(c2ccccc2NC(=O)NCCCCCCCCn2cc(-c3cccnc3)nn2)=CC1. The number of rotatable bonds is 12. The lowest BCUT2D eigenvalue weighted by molar-refractivity contribution is 0.252. The molecule has 0 saturated carbocycles. The number of aromatic nitrogens is 4. The number of carbonyl (C=O) groups is 1. The number of nitrogens with one attached hydrogen (secondary N) is 2. The van der Waals surface area contributed by atoms with Crippen molar-refractivity contribution < 1.29 is 4.79 Å². The molecule has 0 saturated heterocycles. The molecule has 0 bridgehead atoms. The number of urea groups is 1. The summed E-state index contributed by atoms with van der Waals surface area (Å²) in [7, 11) is 0. The molecule has 7 nitrogen and oxygen atoms in total. The van der Waals surface area contributed by atoms with Crippen molar-refractivity contribution in [2.45, 2.75) is 58.4 Å². The molecule has 36 heavy (non-hydrogen) atoms. The molecule has 1 unspecified atom stereocenters. The van der Waals surface area contributed by atoms with Gasteiger partial charge < -0.3 is 10.6 Å². The molecule has 0 aliphatic heterocycles. The van der Waals surface area contributed by atoms with Gasteiger partial charge in [0.25, 0.3) is 0 Å². The first-order valence-corrected chi connectivity index (χ1v) is 13.0. The summed E-state index contributed by atoms with van der Waals surface area (Å²) in [4.78, 5) is 16.6. The van der Waals surface area contributed by atoms with Gasteiger partial charge in [0.2, 0.25) is 0 Å². The van der Waals surface area contributed by atoms with Crippen molar-refractivity contribution in [3.8, 4) is 11.3 Å². The molecule has 1 atom stereocenters. The fraction of sp³-hybridized carbons (Fsp3) is 0.379. The average Bonchev–Trinajstić information content (AvgIpc) is 3.38. The third kappa shape index (κ3) is 7.63. The maximum Gasteiger partial charge on any atom is 0.319 e. The number of carbonyl (C=O) groups excluding carboxylic acids is 1. The van der Waals surface area contributed by atoms with Gasteiger partial charge in [0.15, 0.2) is 0 Å². The summed E-state index contributed by atoms with van der Waals surface area (Å²) in [5, 5.41) is 14.5. The Morgan fingerprint density at radius 1 is 1.06 bits per heavy atom. The number of para-hydroxylation sites is 1. The minimum Gasteiger partial charge on any atom is -0.338 e. The largest absolute Gasteiger partial charge is 0.338 e. The summed E-state index contributed by atoms with van der Waals surface area (Å²) in [5.41, 5.74) is 4.93. The fourth-order valence-corrected chi connectivity index (χ4v) is 4.30. The molecule has 0 spiro atoms. The second-order valence-electron chi connectivity index (χ2n) is 9.39. The van der Waals surface area contributed by atoms with Crippen molar-refractivity contribution in [3.05, 3.63) is 78.8 Å². The number of anilines is 1. The lowest BCUT2D eigenvalue weighted by Gasteiger charge is -2.16. The monoisotopic (exact) mass is 484 g/mol. The molecule has 3 aromatic rings. The van der Waals surface area contributed by atoms with E-state index in [9.17, 15) is 4.79 Å². The summed E-state index contributed by atoms with van der Waals surface area (Å²) in [6.45, 7) is 3.77. The Balaban J connectivity index is 1.07. The molecule has 1 aliphatic rings. The van der Waals surface area contributed by atoms with Gasteiger partial charge in [-0.15, -0.1) is 5.10 Å². The zero-order valence-corrected chi connectivity index (χ0v) is 21.1. The van der Waals surface area contributed by atoms with Crippen molar-refractivity contribution in [2.75, 3.05) is 11.9 Å². The number of amides is 2. The van der Waals surface area contributed by atoms with Gasteiger partial charge in [-0.05, 0) is 49.0 Å². The number of nitrogens with zero attached hydrogens (tertiary/aromatic N) is 4. The Morgan fingerprint density at radius 3 is 2.69 bits per heavy atom. The molecule has 1 aliphatic carbocycles. The first-order valence-electron chi connectivity index (χ1n) is 13.0. The quantitative estimate of drug-likeness (QED) is 0.288. The van der Waals surface area contributed by atoms with Gasteiger partial charge in [0, 0.05) is 36.6 Å². The van der Waals surface area contributed by atoms with Gasteiger partial charge in [-0.1, -0.05) is 74.2 Å². The van der Waals surface area contributed by atoms with Crippen LogP contribution in [0.1, 0.15) is 57.4 Å². The van der Waals surface area contributed by atoms with Gasteiger partial charge >= 0.3 is 6.03 Å². The van der Waals surface area contributed by atoms with Crippen LogP contribution >= 0.6 is 0 Å². The number of pyridine rings is 1. The normalized spacial score (nSPS) is 14.9. The topological polar surface area (TPSA) is 84.7 Å². The second-order valence-corrected chi connectivity index (χ2v) is 9.39. The van der Waals surface area contributed by atoms with Crippen molar-refractivity contribution >= 4 is 17.3 Å². The molecule has 1 aromatic carbocycles. The third-order valence-corrected chi connectivity index (χ3v) is 6.40. The van der Waals surface area contributed by atoms with Crippen LogP contribution in [0.4, 0.5) is 10.5 Å². The van der Waals surface area contributed by atoms with Gasteiger partial charge in [-0.3, -0.25) is 9.67 Å². The molecule has 7 heteroatoms. The van der Waals surface area contributed by atoms with Crippen molar-refractivity contribution in [3.63, 3.8) is 0 Å². The lowest BCUT2D eigenvalue weighted by atomic mass is 9.93. The smallest absolute Gasteiger partial charge is 0.319 e. The summed E-state index contributed by atoms with van der Waals surface area (Å²) in [6, 6.07) is 11.7. The van der Waals surface area contributed by atoms with E-state index in [2.05, 4.69) is 57.1 Å². The van der Waals surface area contributed by atoms with E-state index < -0.39 is 0 Å². The van der Waals surface area contributed by atoms with Crippen LogP contribution in [0.5, 0.6) is 0 Å². The Bertz CT molecular complexity index is 1170. The average molecular weight is 485 g/mol. The number of hydrogen-bond acceptors (Lipinski definition) is 4. The molecule has 4 rings (SSSR count). The van der Waals surface area contributed by atoms with E-state index in [-0.39, 0.29) is 6.03 Å². The Labute approximate surface area is 213 Å². The number of allylic oxidation sites excluding steroid dienone is 4. The molecular weight excluding hydrogens is 448 g/mol. The second kappa shape index (κ2) is 13.4. The van der Waals surface area contributed by atoms with Crippen molar-refractivity contribution in [2.24, 2.45) is 5.92 Å². The molecular formula is C29H36N6O. The predicted octanol–water partition coefficient (Wildman–Crippen LogP) is 6.48. The van der Waals surface area contributed by atoms with Crippen LogP contribution < -0.4 is 10.6 Å². The zero-order chi connectivity index (χ0) is 25.0. The van der Waals surface area contributed by atoms with Gasteiger partial charge in [-0.2, -0.15) is 0 Å². The standard InChI is InChI=1S/C29H36N6O/c1-23-14-16-24(17-15-23)26-12-6-7-13-27(26)32-29(36)31-19-8-4-2-3-5-9-20-35-22-28(33-34-35)25-11-10-18-30-21-25/h6-7,10-14,16-18,21-23H,2-5,8-9,15,19-20H2,1H3,(H2,31,32,36). The van der Waals surface area contributed by atoms with Crippen molar-refractivity contribution in [1.82, 2.24) is 25.3 Å². The van der Waals surface area contributed by atoms with E-state index >= 15 is 0 Å². The summed E-state index contributed by atoms with van der Waals surface area (Å²) >= 11 is 0. The summed E-state index contributed by atoms with van der Waals surface area (Å²) in [5.74, 6) is 0.567. The van der Waals surface area contributed by atoms with Gasteiger partial charge in [0.1, 0.15) is 5.69 Å². The van der Waals surface area contributed by atoms with E-state index in [0.29, 0.717) is 12.5 Å². The van der Waals surface area contributed by atoms with Crippen LogP contribution in [0.3, 0.4) is 0 Å². The highest BCUT2D eigenvalue weighted by Gasteiger charge is 2.11. The van der Waals surface area contributed by atoms with Crippen LogP contribution in [-0.4, -0.2) is 32.6 Å². The molecule has 2 amide bonds.